The highest BCUT2D eigenvalue weighted by atomic mass is 35.5. The summed E-state index contributed by atoms with van der Waals surface area (Å²) in [5.74, 6) is 0. The monoisotopic (exact) mass is 282 g/mol. The summed E-state index contributed by atoms with van der Waals surface area (Å²) in [5, 5.41) is 5.52. The fraction of sp³-hybridized carbons (Fsp3) is 0.357. The molecule has 1 N–H and O–H groups in total. The first-order valence-corrected chi connectivity index (χ1v) is 6.86. The number of rotatable bonds is 3. The standard InChI is InChI=1S/C14H16Cl2N2/c1-4-9-8(3)18-14-10(13(9)17-5-2)6-7-11(15)12(14)16/h6-7H,4-5H2,1-3H3,(H,17,18). The average Bonchev–Trinajstić information content (AvgIpc) is 2.35. The molecule has 0 aliphatic heterocycles. The van der Waals surface area contributed by atoms with Crippen LogP contribution in [0, 0.1) is 6.92 Å². The first-order valence-electron chi connectivity index (χ1n) is 6.11. The van der Waals surface area contributed by atoms with E-state index in [1.165, 1.54) is 5.56 Å². The van der Waals surface area contributed by atoms with Crippen molar-refractivity contribution in [1.29, 1.82) is 0 Å². The van der Waals surface area contributed by atoms with Crippen LogP contribution in [0.4, 0.5) is 5.69 Å². The molecule has 0 spiro atoms. The van der Waals surface area contributed by atoms with Gasteiger partial charge in [0.15, 0.2) is 0 Å². The first kappa shape index (κ1) is 13.4. The number of hydrogen-bond acceptors (Lipinski definition) is 2. The molecule has 0 unspecified atom stereocenters. The van der Waals surface area contributed by atoms with Crippen LogP contribution in [0.3, 0.4) is 0 Å². The number of benzene rings is 1. The Morgan fingerprint density at radius 2 is 1.94 bits per heavy atom. The molecule has 0 saturated carbocycles. The average molecular weight is 283 g/mol. The zero-order valence-electron chi connectivity index (χ0n) is 10.8. The molecule has 1 heterocycles. The second kappa shape index (κ2) is 5.33. The van der Waals surface area contributed by atoms with Crippen LogP contribution in [-0.4, -0.2) is 11.5 Å². The minimum atomic E-state index is 0.527. The van der Waals surface area contributed by atoms with Gasteiger partial charge in [-0.2, -0.15) is 0 Å². The molecule has 1 aromatic heterocycles. The second-order valence-electron chi connectivity index (χ2n) is 4.19. The van der Waals surface area contributed by atoms with Crippen LogP contribution in [0.15, 0.2) is 12.1 Å². The highest BCUT2D eigenvalue weighted by Gasteiger charge is 2.14. The third kappa shape index (κ3) is 2.15. The van der Waals surface area contributed by atoms with E-state index in [0.29, 0.717) is 10.0 Å². The molecule has 1 aromatic carbocycles. The fourth-order valence-corrected chi connectivity index (χ4v) is 2.60. The maximum absolute atomic E-state index is 6.24. The summed E-state index contributed by atoms with van der Waals surface area (Å²) in [4.78, 5) is 4.59. The van der Waals surface area contributed by atoms with Crippen molar-refractivity contribution in [3.8, 4) is 0 Å². The van der Waals surface area contributed by atoms with Gasteiger partial charge in [0.2, 0.25) is 0 Å². The SMILES string of the molecule is CCNc1c(CC)c(C)nc2c(Cl)c(Cl)ccc12. The quantitative estimate of drug-likeness (QED) is 0.871. The summed E-state index contributed by atoms with van der Waals surface area (Å²) in [6, 6.07) is 3.80. The Hall–Kier alpha value is -0.990. The van der Waals surface area contributed by atoms with Crippen molar-refractivity contribution >= 4 is 39.8 Å². The van der Waals surface area contributed by atoms with Crippen LogP contribution in [0.25, 0.3) is 10.9 Å². The predicted molar refractivity (Wildman–Crippen MR) is 80.0 cm³/mol. The molecule has 0 bridgehead atoms. The summed E-state index contributed by atoms with van der Waals surface area (Å²) >= 11 is 12.3. The van der Waals surface area contributed by atoms with Gasteiger partial charge >= 0.3 is 0 Å². The molecule has 2 rings (SSSR count). The summed E-state index contributed by atoms with van der Waals surface area (Å²) < 4.78 is 0. The topological polar surface area (TPSA) is 24.9 Å². The number of nitrogens with zero attached hydrogens (tertiary/aromatic N) is 1. The Bertz CT molecular complexity index is 594. The van der Waals surface area contributed by atoms with Crippen LogP contribution in [-0.2, 0) is 6.42 Å². The van der Waals surface area contributed by atoms with E-state index in [4.69, 9.17) is 23.2 Å². The predicted octanol–water partition coefficient (Wildman–Crippen LogP) is 4.84. The summed E-state index contributed by atoms with van der Waals surface area (Å²) in [7, 11) is 0. The van der Waals surface area contributed by atoms with Crippen LogP contribution < -0.4 is 5.32 Å². The zero-order chi connectivity index (χ0) is 13.3. The van der Waals surface area contributed by atoms with Crippen molar-refractivity contribution in [1.82, 2.24) is 4.98 Å². The molecule has 0 atom stereocenters. The number of aromatic nitrogens is 1. The molecule has 0 aliphatic carbocycles. The van der Waals surface area contributed by atoms with Crippen molar-refractivity contribution in [2.24, 2.45) is 0 Å². The lowest BCUT2D eigenvalue weighted by atomic mass is 10.0. The molecule has 0 amide bonds. The number of aryl methyl sites for hydroxylation is 1. The lowest BCUT2D eigenvalue weighted by Gasteiger charge is -2.16. The van der Waals surface area contributed by atoms with E-state index >= 15 is 0 Å². The molecule has 0 radical (unpaired) electrons. The Kier molecular flexibility index (Phi) is 3.98. The molecule has 96 valence electrons. The summed E-state index contributed by atoms with van der Waals surface area (Å²) in [5.41, 5.74) is 4.14. The van der Waals surface area contributed by atoms with Crippen LogP contribution in [0.1, 0.15) is 25.1 Å². The lowest BCUT2D eigenvalue weighted by Crippen LogP contribution is -2.05. The Morgan fingerprint density at radius 3 is 2.56 bits per heavy atom. The van der Waals surface area contributed by atoms with Crippen molar-refractivity contribution in [2.45, 2.75) is 27.2 Å². The molecular formula is C14H16Cl2N2. The zero-order valence-corrected chi connectivity index (χ0v) is 12.3. The van der Waals surface area contributed by atoms with Gasteiger partial charge in [0.1, 0.15) is 0 Å². The van der Waals surface area contributed by atoms with E-state index in [2.05, 4.69) is 24.1 Å². The number of nitrogens with one attached hydrogen (secondary N) is 1. The first-order chi connectivity index (χ1) is 8.60. The third-order valence-electron chi connectivity index (χ3n) is 3.06. The van der Waals surface area contributed by atoms with E-state index < -0.39 is 0 Å². The molecule has 4 heteroatoms. The lowest BCUT2D eigenvalue weighted by molar-refractivity contribution is 1.06. The molecule has 2 nitrogen and oxygen atoms in total. The van der Waals surface area contributed by atoms with Gasteiger partial charge in [-0.1, -0.05) is 30.1 Å². The minimum absolute atomic E-state index is 0.527. The van der Waals surface area contributed by atoms with E-state index in [-0.39, 0.29) is 0 Å². The Morgan fingerprint density at radius 1 is 1.22 bits per heavy atom. The van der Waals surface area contributed by atoms with E-state index in [1.54, 1.807) is 0 Å². The number of fused-ring (bicyclic) bond motifs is 1. The number of anilines is 1. The van der Waals surface area contributed by atoms with Gasteiger partial charge in [0.05, 0.1) is 15.6 Å². The molecule has 0 fully saturated rings. The van der Waals surface area contributed by atoms with Gasteiger partial charge < -0.3 is 5.32 Å². The maximum atomic E-state index is 6.24. The van der Waals surface area contributed by atoms with Crippen LogP contribution in [0.5, 0.6) is 0 Å². The van der Waals surface area contributed by atoms with Crippen LogP contribution >= 0.6 is 23.2 Å². The largest absolute Gasteiger partial charge is 0.384 e. The smallest absolute Gasteiger partial charge is 0.0927 e. The number of halogens is 2. The van der Waals surface area contributed by atoms with Crippen molar-refractivity contribution in [3.05, 3.63) is 33.4 Å². The maximum Gasteiger partial charge on any atom is 0.0927 e. The third-order valence-corrected chi connectivity index (χ3v) is 3.86. The van der Waals surface area contributed by atoms with Crippen LogP contribution in [0.2, 0.25) is 10.0 Å². The highest BCUT2D eigenvalue weighted by molar-refractivity contribution is 6.45. The minimum Gasteiger partial charge on any atom is -0.384 e. The Labute approximate surface area is 117 Å². The van der Waals surface area contributed by atoms with Crippen molar-refractivity contribution < 1.29 is 0 Å². The summed E-state index contributed by atoms with van der Waals surface area (Å²) in [6.45, 7) is 7.09. The number of pyridine rings is 1. The van der Waals surface area contributed by atoms with Gasteiger partial charge in [-0.3, -0.25) is 4.98 Å². The van der Waals surface area contributed by atoms with Gasteiger partial charge in [-0.15, -0.1) is 0 Å². The fourth-order valence-electron chi connectivity index (χ4n) is 2.24. The highest BCUT2D eigenvalue weighted by Crippen LogP contribution is 2.36. The van der Waals surface area contributed by atoms with Crippen molar-refractivity contribution in [2.75, 3.05) is 11.9 Å². The molecule has 2 aromatic rings. The van der Waals surface area contributed by atoms with Gasteiger partial charge in [-0.05, 0) is 38.0 Å². The van der Waals surface area contributed by atoms with Gasteiger partial charge in [0.25, 0.3) is 0 Å². The molecule has 0 aliphatic rings. The molecule has 0 saturated heterocycles. The summed E-state index contributed by atoms with van der Waals surface area (Å²) in [6.07, 6.45) is 0.942. The van der Waals surface area contributed by atoms with Gasteiger partial charge in [0, 0.05) is 23.3 Å². The normalized spacial score (nSPS) is 10.9. The van der Waals surface area contributed by atoms with E-state index in [9.17, 15) is 0 Å². The van der Waals surface area contributed by atoms with E-state index in [0.717, 1.165) is 35.2 Å². The Balaban J connectivity index is 2.86. The molecule has 18 heavy (non-hydrogen) atoms. The van der Waals surface area contributed by atoms with Crippen molar-refractivity contribution in [3.63, 3.8) is 0 Å². The number of hydrogen-bond donors (Lipinski definition) is 1. The van der Waals surface area contributed by atoms with Gasteiger partial charge in [-0.25, -0.2) is 0 Å². The second-order valence-corrected chi connectivity index (χ2v) is 4.98. The molecular weight excluding hydrogens is 267 g/mol. The van der Waals surface area contributed by atoms with E-state index in [1.807, 2.05) is 19.1 Å².